The molecule has 1 aromatic carbocycles. The van der Waals surface area contributed by atoms with Gasteiger partial charge in [0.1, 0.15) is 5.75 Å². The zero-order valence-corrected chi connectivity index (χ0v) is 16.4. The molecule has 0 aliphatic heterocycles. The topological polar surface area (TPSA) is 71.2 Å². The number of hydrogen-bond acceptors (Lipinski definition) is 3. The molecule has 0 bridgehead atoms. The van der Waals surface area contributed by atoms with Crippen molar-refractivity contribution in [2.24, 2.45) is 0 Å². The second kappa shape index (κ2) is 8.21. The number of ether oxygens (including phenoxy) is 1. The van der Waals surface area contributed by atoms with Gasteiger partial charge in [0.2, 0.25) is 0 Å². The van der Waals surface area contributed by atoms with Crippen LogP contribution >= 0.6 is 0 Å². The van der Waals surface area contributed by atoms with E-state index in [2.05, 4.69) is 17.2 Å². The van der Waals surface area contributed by atoms with Crippen LogP contribution in [0, 0.1) is 27.7 Å². The fourth-order valence-electron chi connectivity index (χ4n) is 2.85. The summed E-state index contributed by atoms with van der Waals surface area (Å²) in [6, 6.07) is 5.70. The Hall–Kier alpha value is -2.56. The number of amides is 1. The third kappa shape index (κ3) is 4.54. The first kappa shape index (κ1) is 19.8. The van der Waals surface area contributed by atoms with Gasteiger partial charge in [0.05, 0.1) is 6.10 Å². The fraction of sp³-hybridized carbons (Fsp3) is 0.429. The average Bonchev–Trinajstić information content (AvgIpc) is 2.56. The Morgan fingerprint density at radius 1 is 1.19 bits per heavy atom. The molecule has 1 heterocycles. The van der Waals surface area contributed by atoms with Crippen LogP contribution in [0.1, 0.15) is 58.6 Å². The molecule has 0 spiro atoms. The molecule has 5 nitrogen and oxygen atoms in total. The number of carbonyl (C=O) groups is 1. The minimum atomic E-state index is -0.209. The Morgan fingerprint density at radius 3 is 2.50 bits per heavy atom. The van der Waals surface area contributed by atoms with Crippen LogP contribution in [0.4, 0.5) is 0 Å². The Balaban J connectivity index is 2.24. The average molecular weight is 356 g/mol. The maximum atomic E-state index is 12.7. The molecule has 1 aromatic heterocycles. The van der Waals surface area contributed by atoms with E-state index in [4.69, 9.17) is 4.74 Å². The summed E-state index contributed by atoms with van der Waals surface area (Å²) in [5.74, 6) is 0.522. The van der Waals surface area contributed by atoms with Crippen molar-refractivity contribution in [2.45, 2.75) is 60.6 Å². The standard InChI is InChI=1S/C21H28N2O3/c1-7-15(5)26-19-9-12(2)8-17(16(19)6)20(24)22-11-18-13(3)10-14(4)23-21(18)25/h8-10,15H,7,11H2,1-6H3,(H,22,24)(H,23,25). The molecule has 2 N–H and O–H groups in total. The molecule has 0 aliphatic rings. The molecule has 0 saturated heterocycles. The predicted octanol–water partition coefficient (Wildman–Crippen LogP) is 3.72. The second-order valence-corrected chi connectivity index (χ2v) is 6.90. The van der Waals surface area contributed by atoms with Crippen molar-refractivity contribution in [3.63, 3.8) is 0 Å². The van der Waals surface area contributed by atoms with Crippen molar-refractivity contribution in [1.82, 2.24) is 10.3 Å². The van der Waals surface area contributed by atoms with Gasteiger partial charge in [-0.05, 0) is 70.4 Å². The van der Waals surface area contributed by atoms with E-state index in [1.54, 1.807) is 0 Å². The molecule has 0 radical (unpaired) electrons. The molecule has 1 amide bonds. The maximum absolute atomic E-state index is 12.7. The number of hydrogen-bond donors (Lipinski definition) is 2. The number of aromatic amines is 1. The monoisotopic (exact) mass is 356 g/mol. The number of rotatable bonds is 6. The third-order valence-corrected chi connectivity index (χ3v) is 4.57. The van der Waals surface area contributed by atoms with Crippen LogP contribution in [0.2, 0.25) is 0 Å². The Kier molecular flexibility index (Phi) is 6.24. The predicted molar refractivity (Wildman–Crippen MR) is 104 cm³/mol. The lowest BCUT2D eigenvalue weighted by Gasteiger charge is -2.18. The van der Waals surface area contributed by atoms with Crippen LogP contribution in [0.15, 0.2) is 23.0 Å². The summed E-state index contributed by atoms with van der Waals surface area (Å²) in [5, 5.41) is 2.86. The van der Waals surface area contributed by atoms with E-state index in [0.717, 1.165) is 34.6 Å². The highest BCUT2D eigenvalue weighted by atomic mass is 16.5. The van der Waals surface area contributed by atoms with Crippen LogP contribution < -0.4 is 15.6 Å². The summed E-state index contributed by atoms with van der Waals surface area (Å²) in [6.45, 7) is 11.8. The summed E-state index contributed by atoms with van der Waals surface area (Å²) >= 11 is 0. The molecule has 5 heteroatoms. The number of pyridine rings is 1. The Morgan fingerprint density at radius 2 is 1.88 bits per heavy atom. The molecular formula is C21H28N2O3. The number of H-pyrrole nitrogens is 1. The Bertz CT molecular complexity index is 868. The first-order valence-corrected chi connectivity index (χ1v) is 8.98. The molecular weight excluding hydrogens is 328 g/mol. The van der Waals surface area contributed by atoms with Gasteiger partial charge in [-0.1, -0.05) is 6.92 Å². The lowest BCUT2D eigenvalue weighted by atomic mass is 10.0. The van der Waals surface area contributed by atoms with Gasteiger partial charge >= 0.3 is 0 Å². The lowest BCUT2D eigenvalue weighted by molar-refractivity contribution is 0.0949. The molecule has 1 atom stereocenters. The molecule has 1 unspecified atom stereocenters. The molecule has 0 aliphatic carbocycles. The summed E-state index contributed by atoms with van der Waals surface area (Å²) in [5.41, 5.74) is 4.43. The molecule has 0 saturated carbocycles. The van der Waals surface area contributed by atoms with Crippen LogP contribution in [-0.2, 0) is 6.54 Å². The van der Waals surface area contributed by atoms with Crippen molar-refractivity contribution >= 4 is 5.91 Å². The highest BCUT2D eigenvalue weighted by molar-refractivity contribution is 5.96. The lowest BCUT2D eigenvalue weighted by Crippen LogP contribution is -2.28. The van der Waals surface area contributed by atoms with E-state index in [0.29, 0.717) is 11.1 Å². The number of carbonyl (C=O) groups excluding carboxylic acids is 1. The van der Waals surface area contributed by atoms with Gasteiger partial charge in [-0.2, -0.15) is 0 Å². The van der Waals surface area contributed by atoms with Crippen molar-refractivity contribution in [1.29, 1.82) is 0 Å². The number of aromatic nitrogens is 1. The van der Waals surface area contributed by atoms with Gasteiger partial charge in [-0.3, -0.25) is 9.59 Å². The zero-order valence-electron chi connectivity index (χ0n) is 16.4. The minimum absolute atomic E-state index is 0.0835. The summed E-state index contributed by atoms with van der Waals surface area (Å²) in [6.07, 6.45) is 0.977. The van der Waals surface area contributed by atoms with Crippen LogP contribution in [-0.4, -0.2) is 17.0 Å². The van der Waals surface area contributed by atoms with Gasteiger partial charge in [-0.15, -0.1) is 0 Å². The van der Waals surface area contributed by atoms with Gasteiger partial charge < -0.3 is 15.0 Å². The first-order chi connectivity index (χ1) is 12.2. The van der Waals surface area contributed by atoms with E-state index in [-0.39, 0.29) is 24.1 Å². The van der Waals surface area contributed by atoms with E-state index in [1.165, 1.54) is 0 Å². The first-order valence-electron chi connectivity index (χ1n) is 8.98. The normalized spacial score (nSPS) is 11.9. The van der Waals surface area contributed by atoms with Crippen molar-refractivity contribution in [3.05, 3.63) is 62.1 Å². The molecule has 26 heavy (non-hydrogen) atoms. The summed E-state index contributed by atoms with van der Waals surface area (Å²) in [4.78, 5) is 27.6. The highest BCUT2D eigenvalue weighted by Crippen LogP contribution is 2.25. The summed E-state index contributed by atoms with van der Waals surface area (Å²) < 4.78 is 5.95. The minimum Gasteiger partial charge on any atom is -0.490 e. The molecule has 2 aromatic rings. The van der Waals surface area contributed by atoms with Crippen LogP contribution in [0.5, 0.6) is 5.75 Å². The molecule has 0 fully saturated rings. The third-order valence-electron chi connectivity index (χ3n) is 4.57. The fourth-order valence-corrected chi connectivity index (χ4v) is 2.85. The maximum Gasteiger partial charge on any atom is 0.253 e. The SMILES string of the molecule is CCC(C)Oc1cc(C)cc(C(=O)NCc2c(C)cc(C)[nH]c2=O)c1C. The van der Waals surface area contributed by atoms with Gasteiger partial charge in [0.25, 0.3) is 11.5 Å². The van der Waals surface area contributed by atoms with Crippen LogP contribution in [0.3, 0.4) is 0 Å². The van der Waals surface area contributed by atoms with Crippen molar-refractivity contribution < 1.29 is 9.53 Å². The number of aryl methyl sites for hydroxylation is 3. The zero-order chi connectivity index (χ0) is 19.4. The number of benzene rings is 1. The molecule has 140 valence electrons. The Labute approximate surface area is 154 Å². The quantitative estimate of drug-likeness (QED) is 0.829. The van der Waals surface area contributed by atoms with Gasteiger partial charge in [0.15, 0.2) is 0 Å². The summed E-state index contributed by atoms with van der Waals surface area (Å²) in [7, 11) is 0. The van der Waals surface area contributed by atoms with E-state index < -0.39 is 0 Å². The van der Waals surface area contributed by atoms with E-state index >= 15 is 0 Å². The largest absolute Gasteiger partial charge is 0.490 e. The molecule has 2 rings (SSSR count). The van der Waals surface area contributed by atoms with E-state index in [9.17, 15) is 9.59 Å². The highest BCUT2D eigenvalue weighted by Gasteiger charge is 2.16. The van der Waals surface area contributed by atoms with Crippen molar-refractivity contribution in [2.75, 3.05) is 0 Å². The second-order valence-electron chi connectivity index (χ2n) is 6.90. The van der Waals surface area contributed by atoms with Gasteiger partial charge in [0, 0.05) is 28.9 Å². The van der Waals surface area contributed by atoms with E-state index in [1.807, 2.05) is 52.8 Å². The van der Waals surface area contributed by atoms with Gasteiger partial charge in [-0.25, -0.2) is 0 Å². The van der Waals surface area contributed by atoms with Crippen LogP contribution in [0.25, 0.3) is 0 Å². The smallest absolute Gasteiger partial charge is 0.253 e. The number of nitrogens with one attached hydrogen (secondary N) is 2. The van der Waals surface area contributed by atoms with Crippen molar-refractivity contribution in [3.8, 4) is 5.75 Å².